The highest BCUT2D eigenvalue weighted by Crippen LogP contribution is 2.35. The Morgan fingerprint density at radius 2 is 2.11 bits per heavy atom. The summed E-state index contributed by atoms with van der Waals surface area (Å²) in [4.78, 5) is 25.1. The van der Waals surface area contributed by atoms with E-state index in [0.717, 1.165) is 0 Å². The number of anilines is 2. The van der Waals surface area contributed by atoms with Gasteiger partial charge < -0.3 is 15.3 Å². The van der Waals surface area contributed by atoms with Crippen LogP contribution in [-0.4, -0.2) is 30.6 Å². The van der Waals surface area contributed by atoms with Crippen molar-refractivity contribution in [3.63, 3.8) is 0 Å². The van der Waals surface area contributed by atoms with Crippen LogP contribution in [-0.2, 0) is 4.79 Å². The average Bonchev–Trinajstić information content (AvgIpc) is 2.34. The van der Waals surface area contributed by atoms with Crippen LogP contribution in [0.25, 0.3) is 0 Å². The molecule has 1 aromatic carbocycles. The first-order valence-electron chi connectivity index (χ1n) is 5.72. The normalized spacial score (nSPS) is 17.7. The molecule has 0 saturated heterocycles. The summed E-state index contributed by atoms with van der Waals surface area (Å²) in [5, 5.41) is 12.0. The number of carboxylic acids is 1. The Bertz CT molecular complexity index is 523. The lowest BCUT2D eigenvalue weighted by atomic mass is 9.92. The Morgan fingerprint density at radius 1 is 1.44 bits per heavy atom. The SMILES string of the molecule is CN1CC(C)(C)C(=O)Nc2cccc(C(=O)O)c21. The van der Waals surface area contributed by atoms with Crippen LogP contribution < -0.4 is 10.2 Å². The second-order valence-corrected chi connectivity index (χ2v) is 5.20. The van der Waals surface area contributed by atoms with Crippen molar-refractivity contribution < 1.29 is 14.7 Å². The maximum Gasteiger partial charge on any atom is 0.337 e. The zero-order chi connectivity index (χ0) is 13.5. The Labute approximate surface area is 105 Å². The van der Waals surface area contributed by atoms with Crippen molar-refractivity contribution in [1.82, 2.24) is 0 Å². The first kappa shape index (κ1) is 12.4. The van der Waals surface area contributed by atoms with E-state index in [4.69, 9.17) is 0 Å². The number of nitrogens with one attached hydrogen (secondary N) is 1. The highest BCUT2D eigenvalue weighted by Gasteiger charge is 2.34. The van der Waals surface area contributed by atoms with Crippen molar-refractivity contribution in [3.05, 3.63) is 23.8 Å². The quantitative estimate of drug-likeness (QED) is 0.795. The van der Waals surface area contributed by atoms with Gasteiger partial charge in [0.15, 0.2) is 0 Å². The molecule has 2 N–H and O–H groups in total. The van der Waals surface area contributed by atoms with E-state index in [2.05, 4.69) is 5.32 Å². The predicted molar refractivity (Wildman–Crippen MR) is 69.1 cm³/mol. The maximum atomic E-state index is 12.0. The standard InChI is InChI=1S/C13H16N2O3/c1-13(2)7-15(3)10-8(11(16)17)5-4-6-9(10)14-12(13)18/h4-6H,7H2,1-3H3,(H,14,18)(H,16,17). The average molecular weight is 248 g/mol. The zero-order valence-corrected chi connectivity index (χ0v) is 10.7. The van der Waals surface area contributed by atoms with Gasteiger partial charge in [-0.2, -0.15) is 0 Å². The number of rotatable bonds is 1. The Kier molecular flexibility index (Phi) is 2.77. The molecule has 0 bridgehead atoms. The van der Waals surface area contributed by atoms with E-state index in [1.807, 2.05) is 18.7 Å². The fourth-order valence-electron chi connectivity index (χ4n) is 2.26. The van der Waals surface area contributed by atoms with Crippen LogP contribution in [0.3, 0.4) is 0 Å². The largest absolute Gasteiger partial charge is 0.478 e. The van der Waals surface area contributed by atoms with Crippen molar-refractivity contribution in [1.29, 1.82) is 0 Å². The van der Waals surface area contributed by atoms with E-state index in [-0.39, 0.29) is 11.5 Å². The summed E-state index contributed by atoms with van der Waals surface area (Å²) >= 11 is 0. The Hall–Kier alpha value is -2.04. The molecule has 2 rings (SSSR count). The molecule has 0 aromatic heterocycles. The van der Waals surface area contributed by atoms with Gasteiger partial charge in [0.2, 0.25) is 5.91 Å². The minimum absolute atomic E-state index is 0.101. The van der Waals surface area contributed by atoms with Crippen LogP contribution in [0.2, 0.25) is 0 Å². The fraction of sp³-hybridized carbons (Fsp3) is 0.385. The Balaban J connectivity index is 2.60. The topological polar surface area (TPSA) is 69.6 Å². The van der Waals surface area contributed by atoms with Gasteiger partial charge in [-0.25, -0.2) is 4.79 Å². The van der Waals surface area contributed by atoms with E-state index in [1.165, 1.54) is 0 Å². The van der Waals surface area contributed by atoms with Crippen molar-refractivity contribution in [3.8, 4) is 0 Å². The lowest BCUT2D eigenvalue weighted by Crippen LogP contribution is -2.37. The monoisotopic (exact) mass is 248 g/mol. The van der Waals surface area contributed by atoms with E-state index < -0.39 is 11.4 Å². The number of benzene rings is 1. The van der Waals surface area contributed by atoms with Crippen LogP contribution in [0.1, 0.15) is 24.2 Å². The van der Waals surface area contributed by atoms with Gasteiger partial charge in [0.1, 0.15) is 0 Å². The first-order valence-corrected chi connectivity index (χ1v) is 5.72. The molecule has 0 unspecified atom stereocenters. The van der Waals surface area contributed by atoms with Crippen molar-refractivity contribution >= 4 is 23.3 Å². The number of nitrogens with zero attached hydrogens (tertiary/aromatic N) is 1. The van der Waals surface area contributed by atoms with Gasteiger partial charge in [-0.3, -0.25) is 4.79 Å². The van der Waals surface area contributed by atoms with Gasteiger partial charge in [-0.15, -0.1) is 0 Å². The number of aromatic carboxylic acids is 1. The molecule has 0 aliphatic carbocycles. The van der Waals surface area contributed by atoms with Crippen LogP contribution in [0.5, 0.6) is 0 Å². The summed E-state index contributed by atoms with van der Waals surface area (Å²) in [6.07, 6.45) is 0. The molecule has 0 fully saturated rings. The van der Waals surface area contributed by atoms with Crippen LogP contribution in [0.15, 0.2) is 18.2 Å². The molecule has 5 nitrogen and oxygen atoms in total. The van der Waals surface area contributed by atoms with Gasteiger partial charge in [-0.1, -0.05) is 6.07 Å². The molecule has 0 radical (unpaired) electrons. The second kappa shape index (κ2) is 4.01. The molecule has 18 heavy (non-hydrogen) atoms. The molecule has 5 heteroatoms. The van der Waals surface area contributed by atoms with Crippen molar-refractivity contribution in [2.75, 3.05) is 23.8 Å². The third-order valence-corrected chi connectivity index (χ3v) is 3.14. The van der Waals surface area contributed by atoms with Gasteiger partial charge in [0.05, 0.1) is 22.4 Å². The number of hydrogen-bond donors (Lipinski definition) is 2. The molecule has 0 atom stereocenters. The van der Waals surface area contributed by atoms with Gasteiger partial charge >= 0.3 is 5.97 Å². The van der Waals surface area contributed by atoms with Crippen LogP contribution >= 0.6 is 0 Å². The molecular weight excluding hydrogens is 232 g/mol. The smallest absolute Gasteiger partial charge is 0.337 e. The maximum absolute atomic E-state index is 12.0. The summed E-state index contributed by atoms with van der Waals surface area (Å²) in [5.41, 5.74) is 0.744. The molecular formula is C13H16N2O3. The molecule has 96 valence electrons. The second-order valence-electron chi connectivity index (χ2n) is 5.20. The summed E-state index contributed by atoms with van der Waals surface area (Å²) in [5.74, 6) is -1.09. The lowest BCUT2D eigenvalue weighted by Gasteiger charge is -2.26. The van der Waals surface area contributed by atoms with E-state index in [0.29, 0.717) is 17.9 Å². The zero-order valence-electron chi connectivity index (χ0n) is 10.7. The molecule has 0 saturated carbocycles. The summed E-state index contributed by atoms with van der Waals surface area (Å²) < 4.78 is 0. The molecule has 1 aromatic rings. The highest BCUT2D eigenvalue weighted by atomic mass is 16.4. The van der Waals surface area contributed by atoms with Crippen molar-refractivity contribution in [2.24, 2.45) is 5.41 Å². The number of carboxylic acid groups (broad SMARTS) is 1. The Morgan fingerprint density at radius 3 is 2.72 bits per heavy atom. The fourth-order valence-corrected chi connectivity index (χ4v) is 2.26. The van der Waals surface area contributed by atoms with E-state index in [9.17, 15) is 14.7 Å². The number of carbonyl (C=O) groups is 2. The summed E-state index contributed by atoms with van der Waals surface area (Å²) in [6.45, 7) is 4.15. The third kappa shape index (κ3) is 1.92. The predicted octanol–water partition coefficient (Wildman–Crippen LogP) is 1.80. The number of carbonyl (C=O) groups excluding carboxylic acids is 1. The molecule has 0 spiro atoms. The third-order valence-electron chi connectivity index (χ3n) is 3.14. The van der Waals surface area contributed by atoms with Gasteiger partial charge in [0.25, 0.3) is 0 Å². The number of para-hydroxylation sites is 1. The van der Waals surface area contributed by atoms with E-state index in [1.54, 1.807) is 25.2 Å². The van der Waals surface area contributed by atoms with Crippen molar-refractivity contribution in [2.45, 2.75) is 13.8 Å². The molecule has 1 heterocycles. The molecule has 1 aliphatic rings. The van der Waals surface area contributed by atoms with Gasteiger partial charge in [-0.05, 0) is 26.0 Å². The minimum Gasteiger partial charge on any atom is -0.478 e. The van der Waals surface area contributed by atoms with E-state index >= 15 is 0 Å². The summed E-state index contributed by atoms with van der Waals surface area (Å²) in [7, 11) is 1.80. The molecule has 1 aliphatic heterocycles. The number of fused-ring (bicyclic) bond motifs is 1. The minimum atomic E-state index is -0.993. The first-order chi connectivity index (χ1) is 8.33. The molecule has 1 amide bonds. The number of hydrogen-bond acceptors (Lipinski definition) is 3. The van der Waals surface area contributed by atoms with Crippen LogP contribution in [0.4, 0.5) is 11.4 Å². The van der Waals surface area contributed by atoms with Crippen LogP contribution in [0, 0.1) is 5.41 Å². The van der Waals surface area contributed by atoms with Gasteiger partial charge in [0, 0.05) is 13.6 Å². The number of amides is 1. The lowest BCUT2D eigenvalue weighted by molar-refractivity contribution is -0.123. The summed E-state index contributed by atoms with van der Waals surface area (Å²) in [6, 6.07) is 4.90. The highest BCUT2D eigenvalue weighted by molar-refractivity contribution is 6.05.